The Labute approximate surface area is 168 Å². The maximum absolute atomic E-state index is 12.8. The molecule has 0 aliphatic heterocycles. The van der Waals surface area contributed by atoms with E-state index in [1.54, 1.807) is 41.7 Å². The lowest BCUT2D eigenvalue weighted by Crippen LogP contribution is -2.22. The molecule has 0 bridgehead atoms. The molecule has 2 aromatic carbocycles. The van der Waals surface area contributed by atoms with Gasteiger partial charge in [0, 0.05) is 11.6 Å². The van der Waals surface area contributed by atoms with Gasteiger partial charge in [-0.05, 0) is 42.8 Å². The summed E-state index contributed by atoms with van der Waals surface area (Å²) < 4.78 is 7.98. The van der Waals surface area contributed by atoms with Crippen LogP contribution in [0.3, 0.4) is 0 Å². The van der Waals surface area contributed by atoms with Gasteiger partial charge in [0.25, 0.3) is 5.56 Å². The Hall–Kier alpha value is -3.71. The molecular weight excluding hydrogens is 388 g/mol. The normalized spacial score (nSPS) is 12.2. The Morgan fingerprint density at radius 2 is 2.00 bits per heavy atom. The highest BCUT2D eigenvalue weighted by atomic mass is 32.1. The molecule has 5 rings (SSSR count). The fourth-order valence-corrected chi connectivity index (χ4v) is 4.30. The predicted octanol–water partition coefficient (Wildman–Crippen LogP) is 3.72. The molecule has 1 N–H and O–H groups in total. The number of imidazole rings is 1. The van der Waals surface area contributed by atoms with E-state index in [1.165, 1.54) is 11.3 Å². The van der Waals surface area contributed by atoms with Gasteiger partial charge < -0.3 is 9.52 Å². The topological polar surface area (TPSA) is 84.8 Å². The molecule has 0 spiro atoms. The number of thiazole rings is 1. The molecule has 0 aliphatic rings. The van der Waals surface area contributed by atoms with E-state index in [9.17, 15) is 14.7 Å². The maximum atomic E-state index is 12.8. The van der Waals surface area contributed by atoms with Crippen LogP contribution in [0.2, 0.25) is 0 Å². The molecule has 6 nitrogen and oxygen atoms in total. The molecule has 0 radical (unpaired) electrons. The van der Waals surface area contributed by atoms with Crippen LogP contribution in [-0.2, 0) is 0 Å². The molecule has 0 fully saturated rings. The molecule has 5 aromatic rings. The second-order valence-corrected chi connectivity index (χ2v) is 7.68. The number of benzene rings is 2. The van der Waals surface area contributed by atoms with Gasteiger partial charge in [0.05, 0.1) is 16.6 Å². The molecule has 0 atom stereocenters. The average Bonchev–Trinajstić information content (AvgIpc) is 3.38. The second kappa shape index (κ2) is 6.42. The number of carboxylic acid groups (broad SMARTS) is 1. The van der Waals surface area contributed by atoms with Crippen molar-refractivity contribution in [2.75, 3.05) is 0 Å². The lowest BCUT2D eigenvalue weighted by molar-refractivity contribution is 0.0696. The van der Waals surface area contributed by atoms with E-state index < -0.39 is 5.97 Å². The van der Waals surface area contributed by atoms with Crippen molar-refractivity contribution in [3.8, 4) is 11.3 Å². The molecule has 3 aromatic heterocycles. The number of aromatic carboxylic acids is 1. The van der Waals surface area contributed by atoms with Crippen molar-refractivity contribution in [3.63, 3.8) is 0 Å². The summed E-state index contributed by atoms with van der Waals surface area (Å²) in [5.41, 5.74) is 3.02. The van der Waals surface area contributed by atoms with E-state index in [-0.39, 0.29) is 11.1 Å². The predicted molar refractivity (Wildman–Crippen MR) is 111 cm³/mol. The van der Waals surface area contributed by atoms with E-state index in [2.05, 4.69) is 4.98 Å². The molecule has 0 aliphatic carbocycles. The van der Waals surface area contributed by atoms with Crippen LogP contribution in [0.15, 0.2) is 63.8 Å². The van der Waals surface area contributed by atoms with Gasteiger partial charge in [-0.25, -0.2) is 14.2 Å². The van der Waals surface area contributed by atoms with E-state index in [1.807, 2.05) is 30.3 Å². The molecular formula is C22H14N2O4S. The van der Waals surface area contributed by atoms with Crippen molar-refractivity contribution in [1.82, 2.24) is 9.38 Å². The van der Waals surface area contributed by atoms with Crippen LogP contribution < -0.4 is 10.1 Å². The third-order valence-electron chi connectivity index (χ3n) is 4.80. The Bertz CT molecular complexity index is 1520. The maximum Gasteiger partial charge on any atom is 0.335 e. The van der Waals surface area contributed by atoms with Crippen LogP contribution in [0.1, 0.15) is 21.7 Å². The largest absolute Gasteiger partial charge is 0.478 e. The zero-order chi connectivity index (χ0) is 20.1. The zero-order valence-electron chi connectivity index (χ0n) is 15.2. The number of nitrogens with zero attached hydrogens (tertiary/aromatic N) is 2. The molecule has 0 unspecified atom stereocenters. The lowest BCUT2D eigenvalue weighted by atomic mass is 10.0. The van der Waals surface area contributed by atoms with Gasteiger partial charge in [-0.3, -0.25) is 4.79 Å². The summed E-state index contributed by atoms with van der Waals surface area (Å²) in [5.74, 6) is 0.0780. The summed E-state index contributed by atoms with van der Waals surface area (Å²) in [7, 11) is 0. The third kappa shape index (κ3) is 2.83. The van der Waals surface area contributed by atoms with Crippen LogP contribution >= 0.6 is 11.3 Å². The third-order valence-corrected chi connectivity index (χ3v) is 5.77. The van der Waals surface area contributed by atoms with Gasteiger partial charge in [0.1, 0.15) is 16.1 Å². The van der Waals surface area contributed by atoms with Crippen LogP contribution in [0.5, 0.6) is 0 Å². The first-order chi connectivity index (χ1) is 14.0. The summed E-state index contributed by atoms with van der Waals surface area (Å²) in [5, 5.41) is 9.31. The quantitative estimate of drug-likeness (QED) is 0.497. The summed E-state index contributed by atoms with van der Waals surface area (Å²) in [6, 6.07) is 16.2. The summed E-state index contributed by atoms with van der Waals surface area (Å²) in [6.07, 6.45) is 1.69. The Kier molecular flexibility index (Phi) is 3.85. The van der Waals surface area contributed by atoms with Gasteiger partial charge in [0.15, 0.2) is 4.96 Å². The minimum Gasteiger partial charge on any atom is -0.478 e. The van der Waals surface area contributed by atoms with Crippen LogP contribution in [0.4, 0.5) is 0 Å². The van der Waals surface area contributed by atoms with E-state index in [4.69, 9.17) is 4.42 Å². The standard InChI is InChI=1S/C22H14N2O4S/c1-12-6-7-13(10-15(12)21(26)27)18-9-8-14(28-18)11-19-20(25)24-17-5-3-2-4-16(17)23-22(24)29-19/h2-11H,1H3,(H,26,27). The van der Waals surface area contributed by atoms with Crippen molar-refractivity contribution < 1.29 is 14.3 Å². The van der Waals surface area contributed by atoms with Crippen molar-refractivity contribution in [3.05, 3.63) is 86.4 Å². The lowest BCUT2D eigenvalue weighted by Gasteiger charge is -2.03. The molecule has 0 amide bonds. The number of para-hydroxylation sites is 2. The minimum atomic E-state index is -0.979. The fraction of sp³-hybridized carbons (Fsp3) is 0.0455. The van der Waals surface area contributed by atoms with E-state index in [0.717, 1.165) is 11.0 Å². The first kappa shape index (κ1) is 17.4. The minimum absolute atomic E-state index is 0.139. The highest BCUT2D eigenvalue weighted by Crippen LogP contribution is 2.25. The van der Waals surface area contributed by atoms with Crippen molar-refractivity contribution in [2.24, 2.45) is 0 Å². The Morgan fingerprint density at radius 1 is 1.17 bits per heavy atom. The number of fused-ring (bicyclic) bond motifs is 3. The van der Waals surface area contributed by atoms with Gasteiger partial charge in [0.2, 0.25) is 0 Å². The number of rotatable bonds is 3. The van der Waals surface area contributed by atoms with E-state index >= 15 is 0 Å². The number of hydrogen-bond acceptors (Lipinski definition) is 5. The first-order valence-corrected chi connectivity index (χ1v) is 9.69. The highest BCUT2D eigenvalue weighted by molar-refractivity contribution is 7.15. The molecule has 29 heavy (non-hydrogen) atoms. The van der Waals surface area contributed by atoms with Crippen LogP contribution in [0.25, 0.3) is 33.4 Å². The highest BCUT2D eigenvalue weighted by Gasteiger charge is 2.13. The summed E-state index contributed by atoms with van der Waals surface area (Å²) in [4.78, 5) is 29.3. The van der Waals surface area contributed by atoms with Gasteiger partial charge in [-0.1, -0.05) is 35.6 Å². The monoisotopic (exact) mass is 402 g/mol. The molecule has 142 valence electrons. The number of furan rings is 1. The Balaban J connectivity index is 1.59. The average molecular weight is 402 g/mol. The number of carbonyl (C=O) groups is 1. The smallest absolute Gasteiger partial charge is 0.335 e. The van der Waals surface area contributed by atoms with Crippen molar-refractivity contribution >= 4 is 39.4 Å². The van der Waals surface area contributed by atoms with Gasteiger partial charge in [-0.2, -0.15) is 0 Å². The van der Waals surface area contributed by atoms with Crippen LogP contribution in [0, 0.1) is 6.92 Å². The summed E-state index contributed by atoms with van der Waals surface area (Å²) >= 11 is 1.30. The Morgan fingerprint density at radius 3 is 2.83 bits per heavy atom. The number of hydrogen-bond donors (Lipinski definition) is 1. The number of aryl methyl sites for hydroxylation is 1. The zero-order valence-corrected chi connectivity index (χ0v) is 16.1. The summed E-state index contributed by atoms with van der Waals surface area (Å²) in [6.45, 7) is 1.75. The fourth-order valence-electron chi connectivity index (χ4n) is 3.33. The van der Waals surface area contributed by atoms with Crippen LogP contribution in [-0.4, -0.2) is 20.5 Å². The van der Waals surface area contributed by atoms with E-state index in [0.29, 0.717) is 32.1 Å². The van der Waals surface area contributed by atoms with Gasteiger partial charge >= 0.3 is 5.97 Å². The molecule has 3 heterocycles. The molecule has 0 saturated heterocycles. The van der Waals surface area contributed by atoms with Gasteiger partial charge in [-0.15, -0.1) is 0 Å². The molecule has 0 saturated carbocycles. The number of carboxylic acids is 1. The first-order valence-electron chi connectivity index (χ1n) is 8.87. The van der Waals surface area contributed by atoms with Crippen molar-refractivity contribution in [2.45, 2.75) is 6.92 Å². The second-order valence-electron chi connectivity index (χ2n) is 6.67. The SMILES string of the molecule is Cc1ccc(-c2ccc(C=c3sc4nc5ccccc5n4c3=O)o2)cc1C(=O)O. The van der Waals surface area contributed by atoms with Crippen molar-refractivity contribution in [1.29, 1.82) is 0 Å². The number of aromatic nitrogens is 2. The molecule has 7 heteroatoms.